The molecule has 30 heavy (non-hydrogen) atoms. The maximum Gasteiger partial charge on any atom is 0.241 e. The van der Waals surface area contributed by atoms with Gasteiger partial charge in [0.2, 0.25) is 5.91 Å². The van der Waals surface area contributed by atoms with Gasteiger partial charge in [0.1, 0.15) is 6.04 Å². The van der Waals surface area contributed by atoms with Crippen LogP contribution in [0.4, 0.5) is 0 Å². The summed E-state index contributed by atoms with van der Waals surface area (Å²) in [5.41, 5.74) is 12.2. The van der Waals surface area contributed by atoms with Crippen molar-refractivity contribution in [2.75, 3.05) is 39.3 Å². The first-order valence-corrected chi connectivity index (χ1v) is 11.2. The lowest BCUT2D eigenvalue weighted by atomic mass is 9.88. The zero-order chi connectivity index (χ0) is 20.1. The normalized spacial score (nSPS) is 28.8. The summed E-state index contributed by atoms with van der Waals surface area (Å²) in [5, 5.41) is 3.45. The van der Waals surface area contributed by atoms with Gasteiger partial charge in [-0.05, 0) is 35.2 Å². The molecule has 3 heterocycles. The van der Waals surface area contributed by atoms with Crippen molar-refractivity contribution in [3.63, 3.8) is 0 Å². The molecule has 0 radical (unpaired) electrons. The molecule has 1 amide bonds. The number of fused-ring (bicyclic) bond motifs is 4. The standard InChI is InChI=1S/C24H29N5O/c30-24(22-20-15-25-10-9-21(20)26-27-22)29-13-11-28(12-14-29)23-18-7-3-1-5-16(18)17-6-2-4-8-19(17)23/h1-8,20-23,25-27H,9-15H2. The van der Waals surface area contributed by atoms with Gasteiger partial charge >= 0.3 is 0 Å². The van der Waals surface area contributed by atoms with Gasteiger partial charge < -0.3 is 10.2 Å². The third kappa shape index (κ3) is 2.90. The quantitative estimate of drug-likeness (QED) is 0.707. The number of hydrogen-bond donors (Lipinski definition) is 3. The second-order valence-electron chi connectivity index (χ2n) is 8.97. The lowest BCUT2D eigenvalue weighted by Crippen LogP contribution is -2.56. The smallest absolute Gasteiger partial charge is 0.241 e. The number of piperazine rings is 1. The van der Waals surface area contributed by atoms with E-state index < -0.39 is 0 Å². The first-order valence-electron chi connectivity index (χ1n) is 11.2. The number of piperidine rings is 1. The number of nitrogens with one attached hydrogen (secondary N) is 3. The van der Waals surface area contributed by atoms with E-state index in [4.69, 9.17) is 0 Å². The molecule has 1 aliphatic carbocycles. The monoisotopic (exact) mass is 403 g/mol. The SMILES string of the molecule is O=C(C1NNC2CCNCC21)N1CCN(C2c3ccccc3-c3ccccc32)CC1. The second kappa shape index (κ2) is 7.46. The van der Waals surface area contributed by atoms with Crippen LogP contribution in [0.1, 0.15) is 23.6 Å². The van der Waals surface area contributed by atoms with Gasteiger partial charge in [0.05, 0.1) is 6.04 Å². The molecule has 0 aromatic heterocycles. The Morgan fingerprint density at radius 3 is 2.23 bits per heavy atom. The van der Waals surface area contributed by atoms with Crippen molar-refractivity contribution in [3.05, 3.63) is 59.7 Å². The van der Waals surface area contributed by atoms with Crippen LogP contribution in [0, 0.1) is 5.92 Å². The van der Waals surface area contributed by atoms with Crippen LogP contribution in [-0.4, -0.2) is 67.1 Å². The molecule has 3 saturated heterocycles. The van der Waals surface area contributed by atoms with E-state index in [0.717, 1.165) is 45.7 Å². The summed E-state index contributed by atoms with van der Waals surface area (Å²) in [6.45, 7) is 5.35. The Morgan fingerprint density at radius 1 is 0.867 bits per heavy atom. The van der Waals surface area contributed by atoms with Crippen molar-refractivity contribution >= 4 is 5.91 Å². The van der Waals surface area contributed by atoms with E-state index in [1.54, 1.807) is 0 Å². The first kappa shape index (κ1) is 18.5. The molecular weight excluding hydrogens is 374 g/mol. The molecule has 2 aromatic rings. The van der Waals surface area contributed by atoms with Crippen LogP contribution in [0.3, 0.4) is 0 Å². The zero-order valence-electron chi connectivity index (χ0n) is 17.2. The molecule has 3 atom stereocenters. The summed E-state index contributed by atoms with van der Waals surface area (Å²) in [4.78, 5) is 17.9. The fourth-order valence-corrected chi connectivity index (χ4v) is 5.88. The molecule has 3 N–H and O–H groups in total. The summed E-state index contributed by atoms with van der Waals surface area (Å²) >= 11 is 0. The number of nitrogens with zero attached hydrogens (tertiary/aromatic N) is 2. The van der Waals surface area contributed by atoms with Gasteiger partial charge in [-0.2, -0.15) is 0 Å². The predicted octanol–water partition coefficient (Wildman–Crippen LogP) is 1.36. The highest BCUT2D eigenvalue weighted by atomic mass is 16.2. The fraction of sp³-hybridized carbons (Fsp3) is 0.458. The van der Waals surface area contributed by atoms with Crippen LogP contribution in [0.5, 0.6) is 0 Å². The van der Waals surface area contributed by atoms with E-state index >= 15 is 0 Å². The average molecular weight is 404 g/mol. The molecule has 156 valence electrons. The third-order valence-electron chi connectivity index (χ3n) is 7.44. The molecule has 0 spiro atoms. The fourth-order valence-electron chi connectivity index (χ4n) is 5.88. The maximum atomic E-state index is 13.3. The number of carbonyl (C=O) groups excluding carboxylic acids is 1. The van der Waals surface area contributed by atoms with E-state index in [1.165, 1.54) is 22.3 Å². The molecule has 0 bridgehead atoms. The Balaban J connectivity index is 1.18. The van der Waals surface area contributed by atoms with E-state index in [2.05, 4.69) is 74.5 Å². The van der Waals surface area contributed by atoms with Crippen molar-refractivity contribution in [1.82, 2.24) is 26.0 Å². The number of carbonyl (C=O) groups is 1. The van der Waals surface area contributed by atoms with Crippen LogP contribution in [0.2, 0.25) is 0 Å². The number of benzene rings is 2. The van der Waals surface area contributed by atoms with Crippen LogP contribution >= 0.6 is 0 Å². The third-order valence-corrected chi connectivity index (χ3v) is 7.44. The van der Waals surface area contributed by atoms with E-state index in [-0.39, 0.29) is 11.9 Å². The van der Waals surface area contributed by atoms with Gasteiger partial charge in [-0.3, -0.25) is 15.1 Å². The van der Waals surface area contributed by atoms with Gasteiger partial charge in [-0.25, -0.2) is 5.43 Å². The Hall–Kier alpha value is -2.25. The summed E-state index contributed by atoms with van der Waals surface area (Å²) < 4.78 is 0. The van der Waals surface area contributed by atoms with Crippen LogP contribution in [0.15, 0.2) is 48.5 Å². The van der Waals surface area contributed by atoms with Gasteiger partial charge in [0.15, 0.2) is 0 Å². The predicted molar refractivity (Wildman–Crippen MR) is 117 cm³/mol. The number of amides is 1. The minimum atomic E-state index is -0.109. The van der Waals surface area contributed by atoms with Gasteiger partial charge in [0, 0.05) is 44.7 Å². The van der Waals surface area contributed by atoms with Gasteiger partial charge in [-0.15, -0.1) is 0 Å². The van der Waals surface area contributed by atoms with Crippen molar-refractivity contribution < 1.29 is 4.79 Å². The van der Waals surface area contributed by atoms with Crippen molar-refractivity contribution in [3.8, 4) is 11.1 Å². The molecule has 3 aliphatic heterocycles. The summed E-state index contributed by atoms with van der Waals surface area (Å²) in [6, 6.07) is 18.2. The number of hydrazine groups is 1. The van der Waals surface area contributed by atoms with E-state index in [9.17, 15) is 4.79 Å². The van der Waals surface area contributed by atoms with E-state index in [1.807, 2.05) is 0 Å². The lowest BCUT2D eigenvalue weighted by Gasteiger charge is -2.40. The van der Waals surface area contributed by atoms with Crippen LogP contribution in [-0.2, 0) is 4.79 Å². The molecule has 6 heteroatoms. The van der Waals surface area contributed by atoms with Crippen LogP contribution < -0.4 is 16.2 Å². The Morgan fingerprint density at radius 2 is 1.53 bits per heavy atom. The highest BCUT2D eigenvalue weighted by Gasteiger charge is 2.43. The maximum absolute atomic E-state index is 13.3. The van der Waals surface area contributed by atoms with Crippen LogP contribution in [0.25, 0.3) is 11.1 Å². The zero-order valence-corrected chi connectivity index (χ0v) is 17.2. The van der Waals surface area contributed by atoms with Crippen molar-refractivity contribution in [1.29, 1.82) is 0 Å². The molecule has 6 nitrogen and oxygen atoms in total. The minimum absolute atomic E-state index is 0.109. The highest BCUT2D eigenvalue weighted by Crippen LogP contribution is 2.46. The second-order valence-corrected chi connectivity index (χ2v) is 8.97. The van der Waals surface area contributed by atoms with Crippen molar-refractivity contribution in [2.45, 2.75) is 24.5 Å². The molecule has 4 aliphatic rings. The average Bonchev–Trinajstić information content (AvgIpc) is 3.38. The molecule has 0 saturated carbocycles. The Bertz CT molecular complexity index is 909. The molecule has 6 rings (SSSR count). The number of hydrogen-bond acceptors (Lipinski definition) is 5. The molecule has 2 aromatic carbocycles. The molecular formula is C24H29N5O. The minimum Gasteiger partial charge on any atom is -0.339 e. The highest BCUT2D eigenvalue weighted by molar-refractivity contribution is 5.83. The number of rotatable bonds is 2. The Labute approximate surface area is 177 Å². The molecule has 3 fully saturated rings. The first-order chi connectivity index (χ1) is 14.8. The summed E-state index contributed by atoms with van der Waals surface area (Å²) in [6.07, 6.45) is 1.08. The summed E-state index contributed by atoms with van der Waals surface area (Å²) in [5.74, 6) is 0.600. The largest absolute Gasteiger partial charge is 0.339 e. The molecule has 3 unspecified atom stereocenters. The lowest BCUT2D eigenvalue weighted by molar-refractivity contribution is -0.136. The van der Waals surface area contributed by atoms with E-state index in [0.29, 0.717) is 18.0 Å². The van der Waals surface area contributed by atoms with Gasteiger partial charge in [-0.1, -0.05) is 48.5 Å². The van der Waals surface area contributed by atoms with Crippen molar-refractivity contribution in [2.24, 2.45) is 5.92 Å². The Kier molecular flexibility index (Phi) is 4.61. The van der Waals surface area contributed by atoms with Gasteiger partial charge in [0.25, 0.3) is 0 Å². The topological polar surface area (TPSA) is 59.6 Å². The summed E-state index contributed by atoms with van der Waals surface area (Å²) in [7, 11) is 0.